The summed E-state index contributed by atoms with van der Waals surface area (Å²) >= 11 is 0. The Morgan fingerprint density at radius 2 is 1.71 bits per heavy atom. The molecule has 1 fully saturated rings. The van der Waals surface area contributed by atoms with Gasteiger partial charge < -0.3 is 10.0 Å². The maximum Gasteiger partial charge on any atom is 0.308 e. The van der Waals surface area contributed by atoms with Gasteiger partial charge in [-0.3, -0.25) is 9.59 Å². The molecule has 1 heterocycles. The Kier molecular flexibility index (Phi) is 4.29. The number of hydrogen-bond acceptors (Lipinski definition) is 2. The molecule has 2 aromatic carbocycles. The monoisotopic (exact) mass is 331 g/mol. The van der Waals surface area contributed by atoms with E-state index in [4.69, 9.17) is 5.11 Å². The summed E-state index contributed by atoms with van der Waals surface area (Å²) in [6.45, 7) is 0.391. The number of rotatable bonds is 3. The van der Waals surface area contributed by atoms with E-state index in [1.807, 2.05) is 0 Å². The first-order chi connectivity index (χ1) is 11.5. The van der Waals surface area contributed by atoms with Gasteiger partial charge in [-0.2, -0.15) is 0 Å². The first-order valence-corrected chi connectivity index (χ1v) is 7.53. The van der Waals surface area contributed by atoms with Crippen LogP contribution in [0.25, 0.3) is 11.1 Å². The molecule has 1 aliphatic heterocycles. The largest absolute Gasteiger partial charge is 0.481 e. The lowest BCUT2D eigenvalue weighted by molar-refractivity contribution is -0.141. The minimum Gasteiger partial charge on any atom is -0.481 e. The van der Waals surface area contributed by atoms with Crippen LogP contribution >= 0.6 is 0 Å². The minimum atomic E-state index is -0.947. The van der Waals surface area contributed by atoms with E-state index in [9.17, 15) is 18.4 Å². The van der Waals surface area contributed by atoms with E-state index in [0.717, 1.165) is 0 Å². The van der Waals surface area contributed by atoms with Crippen LogP contribution in [0.4, 0.5) is 8.78 Å². The molecule has 0 saturated carbocycles. The summed E-state index contributed by atoms with van der Waals surface area (Å²) in [5, 5.41) is 8.98. The van der Waals surface area contributed by atoms with E-state index < -0.39 is 23.6 Å². The van der Waals surface area contributed by atoms with E-state index in [0.29, 0.717) is 24.1 Å². The zero-order chi connectivity index (χ0) is 17.3. The summed E-state index contributed by atoms with van der Waals surface area (Å²) in [6, 6.07) is 9.82. The molecular formula is C18H15F2NO3. The van der Waals surface area contributed by atoms with Gasteiger partial charge >= 0.3 is 5.97 Å². The number of benzene rings is 2. The highest BCUT2D eigenvalue weighted by Crippen LogP contribution is 2.25. The van der Waals surface area contributed by atoms with Crippen molar-refractivity contribution in [2.75, 3.05) is 13.1 Å². The zero-order valence-electron chi connectivity index (χ0n) is 12.7. The Morgan fingerprint density at radius 3 is 2.29 bits per heavy atom. The van der Waals surface area contributed by atoms with Crippen molar-refractivity contribution >= 4 is 11.9 Å². The number of carbonyl (C=O) groups excluding carboxylic acids is 1. The number of amides is 1. The van der Waals surface area contributed by atoms with Crippen molar-refractivity contribution in [2.45, 2.75) is 6.42 Å². The third kappa shape index (κ3) is 3.13. The van der Waals surface area contributed by atoms with Crippen LogP contribution in [0.15, 0.2) is 42.5 Å². The van der Waals surface area contributed by atoms with Crippen LogP contribution in [-0.4, -0.2) is 35.0 Å². The molecule has 0 radical (unpaired) electrons. The third-order valence-electron chi connectivity index (χ3n) is 4.20. The predicted molar refractivity (Wildman–Crippen MR) is 83.4 cm³/mol. The van der Waals surface area contributed by atoms with Crippen LogP contribution in [0.5, 0.6) is 0 Å². The Labute approximate surface area is 137 Å². The lowest BCUT2D eigenvalue weighted by Gasteiger charge is -2.16. The van der Waals surface area contributed by atoms with Gasteiger partial charge in [0.2, 0.25) is 0 Å². The van der Waals surface area contributed by atoms with E-state index in [1.165, 1.54) is 41.3 Å². The zero-order valence-corrected chi connectivity index (χ0v) is 12.7. The van der Waals surface area contributed by atoms with Crippen molar-refractivity contribution in [3.63, 3.8) is 0 Å². The standard InChI is InChI=1S/C18H15F2NO3/c19-14-4-1-11(2-5-14)12-3-6-15(16(20)9-12)17(22)21-8-7-13(10-21)18(23)24/h1-6,9,13H,7-8,10H2,(H,23,24)/t13-/m1/s1. The van der Waals surface area contributed by atoms with Crippen LogP contribution in [0.2, 0.25) is 0 Å². The number of likely N-dealkylation sites (tertiary alicyclic amines) is 1. The van der Waals surface area contributed by atoms with Crippen molar-refractivity contribution in [1.29, 1.82) is 0 Å². The Morgan fingerprint density at radius 1 is 1.04 bits per heavy atom. The normalized spacial score (nSPS) is 17.1. The van der Waals surface area contributed by atoms with E-state index >= 15 is 0 Å². The van der Waals surface area contributed by atoms with Crippen LogP contribution in [0.3, 0.4) is 0 Å². The molecule has 0 aliphatic carbocycles. The quantitative estimate of drug-likeness (QED) is 0.940. The fourth-order valence-electron chi connectivity index (χ4n) is 2.83. The number of nitrogens with zero attached hydrogens (tertiary/aromatic N) is 1. The van der Waals surface area contributed by atoms with E-state index in [2.05, 4.69) is 0 Å². The number of aliphatic carboxylic acids is 1. The van der Waals surface area contributed by atoms with Crippen LogP contribution in [0.1, 0.15) is 16.8 Å². The number of carboxylic acids is 1. The summed E-state index contributed by atoms with van der Waals surface area (Å²) in [5.41, 5.74) is 1.09. The van der Waals surface area contributed by atoms with Gasteiger partial charge in [0.25, 0.3) is 5.91 Å². The van der Waals surface area contributed by atoms with Crippen molar-refractivity contribution in [3.05, 3.63) is 59.7 Å². The van der Waals surface area contributed by atoms with Gasteiger partial charge in [-0.15, -0.1) is 0 Å². The molecule has 0 bridgehead atoms. The summed E-state index contributed by atoms with van der Waals surface area (Å²) < 4.78 is 27.3. The average molecular weight is 331 g/mol. The smallest absolute Gasteiger partial charge is 0.308 e. The van der Waals surface area contributed by atoms with E-state index in [-0.39, 0.29) is 17.9 Å². The molecule has 124 valence electrons. The SMILES string of the molecule is O=C(O)[C@@H]1CCN(C(=O)c2ccc(-c3ccc(F)cc3)cc2F)C1. The van der Waals surface area contributed by atoms with E-state index in [1.54, 1.807) is 6.07 Å². The molecule has 0 aromatic heterocycles. The van der Waals surface area contributed by atoms with Gasteiger partial charge in [-0.25, -0.2) is 8.78 Å². The molecule has 1 aliphatic rings. The van der Waals surface area contributed by atoms with Gasteiger partial charge in [0.05, 0.1) is 11.5 Å². The summed E-state index contributed by atoms with van der Waals surface area (Å²) in [7, 11) is 0. The minimum absolute atomic E-state index is 0.0906. The maximum absolute atomic E-state index is 14.3. The van der Waals surface area contributed by atoms with Crippen LogP contribution in [-0.2, 0) is 4.79 Å². The highest BCUT2D eigenvalue weighted by atomic mass is 19.1. The molecule has 1 amide bonds. The average Bonchev–Trinajstić information content (AvgIpc) is 3.05. The Hall–Kier alpha value is -2.76. The predicted octanol–water partition coefficient (Wildman–Crippen LogP) is 3.18. The van der Waals surface area contributed by atoms with Crippen molar-refractivity contribution in [3.8, 4) is 11.1 Å². The first kappa shape index (κ1) is 16.1. The van der Waals surface area contributed by atoms with Crippen LogP contribution in [0, 0.1) is 17.6 Å². The molecule has 1 N–H and O–H groups in total. The second-order valence-corrected chi connectivity index (χ2v) is 5.78. The van der Waals surface area contributed by atoms with Crippen molar-refractivity contribution in [2.24, 2.45) is 5.92 Å². The van der Waals surface area contributed by atoms with Crippen molar-refractivity contribution in [1.82, 2.24) is 4.90 Å². The number of carbonyl (C=O) groups is 2. The molecule has 4 nitrogen and oxygen atoms in total. The molecule has 1 atom stereocenters. The number of carboxylic acid groups (broad SMARTS) is 1. The maximum atomic E-state index is 14.3. The van der Waals surface area contributed by atoms with Gasteiger partial charge in [0, 0.05) is 13.1 Å². The Bertz CT molecular complexity index is 789. The number of halogens is 2. The lowest BCUT2D eigenvalue weighted by atomic mass is 10.0. The van der Waals surface area contributed by atoms with Crippen molar-refractivity contribution < 1.29 is 23.5 Å². The summed E-state index contributed by atoms with van der Waals surface area (Å²) in [5.74, 6) is -3.12. The van der Waals surface area contributed by atoms with Gasteiger partial charge in [0.15, 0.2) is 0 Å². The molecule has 1 saturated heterocycles. The van der Waals surface area contributed by atoms with Gasteiger partial charge in [0.1, 0.15) is 11.6 Å². The topological polar surface area (TPSA) is 57.6 Å². The summed E-state index contributed by atoms with van der Waals surface area (Å²) in [6.07, 6.45) is 0.371. The van der Waals surface area contributed by atoms with Gasteiger partial charge in [-0.05, 0) is 41.8 Å². The second-order valence-electron chi connectivity index (χ2n) is 5.78. The van der Waals surface area contributed by atoms with Crippen LogP contribution < -0.4 is 0 Å². The fourth-order valence-corrected chi connectivity index (χ4v) is 2.83. The molecule has 0 spiro atoms. The Balaban J connectivity index is 1.81. The number of hydrogen-bond donors (Lipinski definition) is 1. The highest BCUT2D eigenvalue weighted by Gasteiger charge is 2.32. The second kappa shape index (κ2) is 6.39. The summed E-state index contributed by atoms with van der Waals surface area (Å²) in [4.78, 5) is 24.7. The molecule has 2 aromatic rings. The molecular weight excluding hydrogens is 316 g/mol. The molecule has 24 heavy (non-hydrogen) atoms. The molecule has 0 unspecified atom stereocenters. The first-order valence-electron chi connectivity index (χ1n) is 7.53. The molecule has 3 rings (SSSR count). The highest BCUT2D eigenvalue weighted by molar-refractivity contribution is 5.95. The fraction of sp³-hybridized carbons (Fsp3) is 0.222. The molecule has 6 heteroatoms. The van der Waals surface area contributed by atoms with Gasteiger partial charge in [-0.1, -0.05) is 18.2 Å². The lowest BCUT2D eigenvalue weighted by Crippen LogP contribution is -2.30. The third-order valence-corrected chi connectivity index (χ3v) is 4.20.